The van der Waals surface area contributed by atoms with E-state index in [1.54, 1.807) is 6.07 Å². The summed E-state index contributed by atoms with van der Waals surface area (Å²) in [5, 5.41) is 8.84. The number of nitrogens with zero attached hydrogens (tertiary/aromatic N) is 2. The minimum absolute atomic E-state index is 0.108. The van der Waals surface area contributed by atoms with Crippen molar-refractivity contribution in [3.8, 4) is 0 Å². The number of pyridine rings is 1. The zero-order valence-corrected chi connectivity index (χ0v) is 9.97. The van der Waals surface area contributed by atoms with E-state index in [-0.39, 0.29) is 11.5 Å². The molecule has 0 fully saturated rings. The molecule has 0 radical (unpaired) electrons. The van der Waals surface area contributed by atoms with Crippen LogP contribution < -0.4 is 4.90 Å². The van der Waals surface area contributed by atoms with Crippen molar-refractivity contribution in [2.24, 2.45) is 0 Å². The van der Waals surface area contributed by atoms with Crippen LogP contribution in [0.2, 0.25) is 0 Å². The Bertz CT molecular complexity index is 632. The molecule has 2 aromatic rings. The van der Waals surface area contributed by atoms with Gasteiger partial charge in [-0.15, -0.1) is 0 Å². The molecule has 4 nitrogen and oxygen atoms in total. The maximum atomic E-state index is 14.0. The van der Waals surface area contributed by atoms with Gasteiger partial charge in [0.1, 0.15) is 11.4 Å². The van der Waals surface area contributed by atoms with E-state index in [1.807, 2.05) is 0 Å². The maximum Gasteiger partial charge on any atom is 0.338 e. The highest BCUT2D eigenvalue weighted by molar-refractivity contribution is 5.89. The van der Waals surface area contributed by atoms with E-state index in [9.17, 15) is 13.6 Å². The molecule has 19 heavy (non-hydrogen) atoms. The minimum Gasteiger partial charge on any atom is -0.478 e. The Hall–Kier alpha value is -2.50. The van der Waals surface area contributed by atoms with E-state index in [0.717, 1.165) is 11.0 Å². The molecule has 0 aliphatic carbocycles. The first-order valence-corrected chi connectivity index (χ1v) is 5.38. The van der Waals surface area contributed by atoms with Gasteiger partial charge in [-0.3, -0.25) is 0 Å². The summed E-state index contributed by atoms with van der Waals surface area (Å²) in [5.41, 5.74) is -0.398. The van der Waals surface area contributed by atoms with E-state index in [2.05, 4.69) is 4.98 Å². The first kappa shape index (κ1) is 12.9. The van der Waals surface area contributed by atoms with E-state index < -0.39 is 23.2 Å². The number of carboxylic acids is 1. The van der Waals surface area contributed by atoms with Gasteiger partial charge in [0.2, 0.25) is 0 Å². The quantitative estimate of drug-likeness (QED) is 0.926. The number of halogens is 2. The molecule has 0 bridgehead atoms. The third kappa shape index (κ3) is 2.37. The summed E-state index contributed by atoms with van der Waals surface area (Å²) in [5.74, 6) is -3.19. The Balaban J connectivity index is 2.51. The number of carbonyl (C=O) groups is 1. The van der Waals surface area contributed by atoms with Crippen LogP contribution in [0.15, 0.2) is 36.5 Å². The lowest BCUT2D eigenvalue weighted by molar-refractivity contribution is 0.0692. The van der Waals surface area contributed by atoms with E-state index >= 15 is 0 Å². The maximum absolute atomic E-state index is 14.0. The van der Waals surface area contributed by atoms with Gasteiger partial charge in [0.15, 0.2) is 11.6 Å². The van der Waals surface area contributed by atoms with Crippen LogP contribution in [0.5, 0.6) is 0 Å². The third-order valence-electron chi connectivity index (χ3n) is 2.63. The monoisotopic (exact) mass is 264 g/mol. The van der Waals surface area contributed by atoms with Crippen molar-refractivity contribution in [2.45, 2.75) is 0 Å². The molecule has 6 heteroatoms. The van der Waals surface area contributed by atoms with Gasteiger partial charge in [-0.05, 0) is 18.2 Å². The second-order valence-electron chi connectivity index (χ2n) is 3.81. The largest absolute Gasteiger partial charge is 0.478 e. The predicted molar refractivity (Wildman–Crippen MR) is 65.6 cm³/mol. The average molecular weight is 264 g/mol. The standard InChI is InChI=1S/C13H10F2N2O2/c1-17(10-5-3-2-4-9(10)14)12-11(15)8(13(18)19)6-7-16-12/h2-7H,1H3,(H,18,19). The normalized spacial score (nSPS) is 10.3. The van der Waals surface area contributed by atoms with Gasteiger partial charge in [-0.2, -0.15) is 0 Å². The Morgan fingerprint density at radius 3 is 2.58 bits per heavy atom. The van der Waals surface area contributed by atoms with E-state index in [1.165, 1.54) is 31.4 Å². The summed E-state index contributed by atoms with van der Waals surface area (Å²) in [6.07, 6.45) is 1.17. The van der Waals surface area contributed by atoms with Crippen molar-refractivity contribution in [2.75, 3.05) is 11.9 Å². The molecule has 0 unspecified atom stereocenters. The fourth-order valence-electron chi connectivity index (χ4n) is 1.67. The fraction of sp³-hybridized carbons (Fsp3) is 0.0769. The minimum atomic E-state index is -1.40. The summed E-state index contributed by atoms with van der Waals surface area (Å²) in [6, 6.07) is 6.82. The first-order chi connectivity index (χ1) is 9.02. The molecular weight excluding hydrogens is 254 g/mol. The number of rotatable bonds is 3. The molecule has 0 spiro atoms. The fourth-order valence-corrected chi connectivity index (χ4v) is 1.67. The highest BCUT2D eigenvalue weighted by Gasteiger charge is 2.19. The van der Waals surface area contributed by atoms with E-state index in [0.29, 0.717) is 0 Å². The number of aromatic carboxylic acids is 1. The second-order valence-corrected chi connectivity index (χ2v) is 3.81. The van der Waals surface area contributed by atoms with Crippen molar-refractivity contribution in [1.29, 1.82) is 0 Å². The molecule has 0 aliphatic heterocycles. The number of aromatic nitrogens is 1. The predicted octanol–water partition coefficient (Wildman–Crippen LogP) is 2.83. The molecule has 1 aromatic carbocycles. The number of hydrogen-bond acceptors (Lipinski definition) is 3. The smallest absolute Gasteiger partial charge is 0.338 e. The summed E-state index contributed by atoms with van der Waals surface area (Å²) in [4.78, 5) is 15.8. The number of carboxylic acid groups (broad SMARTS) is 1. The Labute approximate surface area is 107 Å². The van der Waals surface area contributed by atoms with Gasteiger partial charge in [-0.25, -0.2) is 18.6 Å². The molecule has 0 amide bonds. The van der Waals surface area contributed by atoms with Crippen LogP contribution in [0.25, 0.3) is 0 Å². The molecule has 0 aliphatic rings. The summed E-state index contributed by atoms with van der Waals surface area (Å²) in [6.45, 7) is 0. The number of anilines is 2. The lowest BCUT2D eigenvalue weighted by Crippen LogP contribution is -2.16. The zero-order valence-electron chi connectivity index (χ0n) is 9.97. The van der Waals surface area contributed by atoms with Crippen LogP contribution in [-0.4, -0.2) is 23.1 Å². The average Bonchev–Trinajstić information content (AvgIpc) is 2.38. The van der Waals surface area contributed by atoms with Crippen molar-refractivity contribution in [1.82, 2.24) is 4.98 Å². The van der Waals surface area contributed by atoms with Crippen LogP contribution in [0.4, 0.5) is 20.3 Å². The van der Waals surface area contributed by atoms with Crippen molar-refractivity contribution < 1.29 is 18.7 Å². The van der Waals surface area contributed by atoms with Gasteiger partial charge in [0.25, 0.3) is 0 Å². The lowest BCUT2D eigenvalue weighted by Gasteiger charge is -2.19. The molecule has 1 aromatic heterocycles. The Morgan fingerprint density at radius 2 is 1.95 bits per heavy atom. The SMILES string of the molecule is CN(c1ccccc1F)c1nccc(C(=O)O)c1F. The van der Waals surface area contributed by atoms with Gasteiger partial charge in [-0.1, -0.05) is 12.1 Å². The highest BCUT2D eigenvalue weighted by atomic mass is 19.1. The van der Waals surface area contributed by atoms with Gasteiger partial charge < -0.3 is 10.0 Å². The van der Waals surface area contributed by atoms with Crippen LogP contribution in [0.1, 0.15) is 10.4 Å². The zero-order chi connectivity index (χ0) is 14.0. The van der Waals surface area contributed by atoms with Crippen LogP contribution in [0.3, 0.4) is 0 Å². The van der Waals surface area contributed by atoms with Crippen LogP contribution >= 0.6 is 0 Å². The summed E-state index contributed by atoms with van der Waals surface area (Å²) < 4.78 is 27.6. The first-order valence-electron chi connectivity index (χ1n) is 5.38. The van der Waals surface area contributed by atoms with Gasteiger partial charge >= 0.3 is 5.97 Å². The number of para-hydroxylation sites is 1. The Kier molecular flexibility index (Phi) is 3.41. The molecule has 0 saturated carbocycles. The molecule has 98 valence electrons. The van der Waals surface area contributed by atoms with Gasteiger partial charge in [0, 0.05) is 13.2 Å². The van der Waals surface area contributed by atoms with Crippen molar-refractivity contribution in [3.63, 3.8) is 0 Å². The third-order valence-corrected chi connectivity index (χ3v) is 2.63. The number of hydrogen-bond donors (Lipinski definition) is 1. The molecule has 1 heterocycles. The lowest BCUT2D eigenvalue weighted by atomic mass is 10.2. The van der Waals surface area contributed by atoms with Gasteiger partial charge in [0.05, 0.1) is 5.69 Å². The Morgan fingerprint density at radius 1 is 1.26 bits per heavy atom. The van der Waals surface area contributed by atoms with Crippen molar-refractivity contribution >= 4 is 17.5 Å². The van der Waals surface area contributed by atoms with E-state index in [4.69, 9.17) is 5.11 Å². The summed E-state index contributed by atoms with van der Waals surface area (Å²) in [7, 11) is 1.41. The molecule has 0 saturated heterocycles. The topological polar surface area (TPSA) is 53.4 Å². The van der Waals surface area contributed by atoms with Crippen LogP contribution in [0, 0.1) is 11.6 Å². The molecule has 1 N–H and O–H groups in total. The summed E-state index contributed by atoms with van der Waals surface area (Å²) >= 11 is 0. The number of benzene rings is 1. The molecule has 0 atom stereocenters. The highest BCUT2D eigenvalue weighted by Crippen LogP contribution is 2.27. The van der Waals surface area contributed by atoms with Crippen LogP contribution in [-0.2, 0) is 0 Å². The molecule has 2 rings (SSSR count). The molecular formula is C13H10F2N2O2. The second kappa shape index (κ2) is 5.01. The van der Waals surface area contributed by atoms with Crippen molar-refractivity contribution in [3.05, 3.63) is 53.7 Å².